The van der Waals surface area contributed by atoms with E-state index in [4.69, 9.17) is 9.84 Å². The predicted molar refractivity (Wildman–Crippen MR) is 57.1 cm³/mol. The fraction of sp³-hybridized carbons (Fsp3) is 0.909. The molecule has 0 radical (unpaired) electrons. The first-order valence-corrected chi connectivity index (χ1v) is 5.90. The third-order valence-electron chi connectivity index (χ3n) is 3.69. The largest absolute Gasteiger partial charge is 0.480 e. The van der Waals surface area contributed by atoms with Gasteiger partial charge >= 0.3 is 5.97 Å². The molecule has 2 saturated heterocycles. The summed E-state index contributed by atoms with van der Waals surface area (Å²) >= 11 is 0. The van der Waals surface area contributed by atoms with Gasteiger partial charge in [0.2, 0.25) is 0 Å². The summed E-state index contributed by atoms with van der Waals surface area (Å²) in [6.45, 7) is 2.03. The quantitative estimate of drug-likeness (QED) is 0.626. The molecule has 0 aromatic heterocycles. The maximum absolute atomic E-state index is 10.8. The molecule has 2 aliphatic heterocycles. The predicted octanol–water partition coefficient (Wildman–Crippen LogP) is -0.163. The number of nitrogens with one attached hydrogen (secondary N) is 1. The summed E-state index contributed by atoms with van der Waals surface area (Å²) in [5.74, 6) is -0.473. The number of ether oxygens (including phenoxy) is 1. The van der Waals surface area contributed by atoms with Crippen LogP contribution in [-0.4, -0.2) is 48.1 Å². The van der Waals surface area contributed by atoms with Gasteiger partial charge in [-0.1, -0.05) is 0 Å². The Morgan fingerprint density at radius 2 is 2.00 bits per heavy atom. The minimum absolute atomic E-state index is 0.0733. The second kappa shape index (κ2) is 5.12. The van der Waals surface area contributed by atoms with E-state index < -0.39 is 12.0 Å². The third-order valence-corrected chi connectivity index (χ3v) is 3.69. The van der Waals surface area contributed by atoms with Crippen LogP contribution < -0.4 is 5.32 Å². The van der Waals surface area contributed by atoms with Crippen LogP contribution in [-0.2, 0) is 9.53 Å². The Labute approximate surface area is 94.8 Å². The number of carboxylic acid groups (broad SMARTS) is 1. The number of carbonyl (C=O) groups is 1. The number of rotatable bonds is 3. The molecule has 1 unspecified atom stereocenters. The molecular formula is C11H19NO4. The molecule has 0 aromatic rings. The molecule has 0 aromatic carbocycles. The van der Waals surface area contributed by atoms with Crippen LogP contribution in [0.3, 0.4) is 0 Å². The summed E-state index contributed by atoms with van der Waals surface area (Å²) < 4.78 is 5.25. The molecule has 0 spiro atoms. The minimum Gasteiger partial charge on any atom is -0.480 e. The molecule has 2 rings (SSSR count). The maximum atomic E-state index is 10.8. The highest BCUT2D eigenvalue weighted by molar-refractivity contribution is 5.73. The highest BCUT2D eigenvalue weighted by atomic mass is 16.5. The standard InChI is InChI=1S/C11H19NO4/c13-10(7-1-3-16-4-2-7)8-5-9(11(14)15)12-6-8/h7-10,12-13H,1-6H2,(H,14,15)/t8-,9-,10?/m0/s1. The van der Waals surface area contributed by atoms with E-state index in [-0.39, 0.29) is 17.9 Å². The zero-order valence-electron chi connectivity index (χ0n) is 9.26. The Kier molecular flexibility index (Phi) is 3.78. The zero-order chi connectivity index (χ0) is 11.5. The lowest BCUT2D eigenvalue weighted by Crippen LogP contribution is -2.34. The van der Waals surface area contributed by atoms with E-state index in [1.54, 1.807) is 0 Å². The molecule has 3 atom stereocenters. The van der Waals surface area contributed by atoms with E-state index in [0.29, 0.717) is 26.2 Å². The molecule has 16 heavy (non-hydrogen) atoms. The fourth-order valence-corrected chi connectivity index (χ4v) is 2.65. The summed E-state index contributed by atoms with van der Waals surface area (Å²) in [5.41, 5.74) is 0. The number of aliphatic hydroxyl groups is 1. The first-order valence-electron chi connectivity index (χ1n) is 5.90. The van der Waals surface area contributed by atoms with Gasteiger partial charge in [0.1, 0.15) is 6.04 Å². The second-order valence-corrected chi connectivity index (χ2v) is 4.74. The number of hydrogen-bond acceptors (Lipinski definition) is 4. The summed E-state index contributed by atoms with van der Waals surface area (Å²) in [6.07, 6.45) is 1.92. The molecule has 2 fully saturated rings. The Morgan fingerprint density at radius 1 is 1.31 bits per heavy atom. The minimum atomic E-state index is -0.818. The normalized spacial score (nSPS) is 33.8. The van der Waals surface area contributed by atoms with Gasteiger partial charge in [0.25, 0.3) is 0 Å². The lowest BCUT2D eigenvalue weighted by Gasteiger charge is -2.30. The first kappa shape index (κ1) is 11.8. The van der Waals surface area contributed by atoms with Crippen LogP contribution in [0.15, 0.2) is 0 Å². The number of aliphatic hydroxyl groups excluding tert-OH is 1. The zero-order valence-corrected chi connectivity index (χ0v) is 9.26. The molecule has 0 aliphatic carbocycles. The van der Waals surface area contributed by atoms with Gasteiger partial charge in [-0.15, -0.1) is 0 Å². The average molecular weight is 229 g/mol. The molecule has 5 nitrogen and oxygen atoms in total. The molecular weight excluding hydrogens is 210 g/mol. The van der Waals surface area contributed by atoms with Crippen molar-refractivity contribution in [3.63, 3.8) is 0 Å². The molecule has 2 aliphatic rings. The molecule has 5 heteroatoms. The number of hydrogen-bond donors (Lipinski definition) is 3. The summed E-state index contributed by atoms with van der Waals surface area (Å²) in [6, 6.07) is -0.487. The Bertz CT molecular complexity index is 252. The number of aliphatic carboxylic acids is 1. The van der Waals surface area contributed by atoms with Crippen molar-refractivity contribution in [2.75, 3.05) is 19.8 Å². The van der Waals surface area contributed by atoms with Crippen LogP contribution in [0.1, 0.15) is 19.3 Å². The van der Waals surface area contributed by atoms with E-state index >= 15 is 0 Å². The van der Waals surface area contributed by atoms with Crippen molar-refractivity contribution in [3.05, 3.63) is 0 Å². The molecule has 2 heterocycles. The Morgan fingerprint density at radius 3 is 2.56 bits per heavy atom. The van der Waals surface area contributed by atoms with Crippen molar-refractivity contribution in [2.24, 2.45) is 11.8 Å². The van der Waals surface area contributed by atoms with E-state index in [1.807, 2.05) is 0 Å². The van der Waals surface area contributed by atoms with Gasteiger partial charge < -0.3 is 20.3 Å². The Balaban J connectivity index is 1.85. The topological polar surface area (TPSA) is 78.8 Å². The summed E-state index contributed by atoms with van der Waals surface area (Å²) in [5, 5.41) is 22.0. The van der Waals surface area contributed by atoms with Crippen LogP contribution in [0.4, 0.5) is 0 Å². The molecule has 92 valence electrons. The smallest absolute Gasteiger partial charge is 0.320 e. The van der Waals surface area contributed by atoms with Gasteiger partial charge in [0, 0.05) is 19.8 Å². The SMILES string of the molecule is O=C(O)[C@@H]1C[C@H](C(O)C2CCOCC2)CN1. The summed E-state index contributed by atoms with van der Waals surface area (Å²) in [4.78, 5) is 10.8. The van der Waals surface area contributed by atoms with Crippen molar-refractivity contribution in [1.82, 2.24) is 5.32 Å². The Hall–Kier alpha value is -0.650. The maximum Gasteiger partial charge on any atom is 0.320 e. The van der Waals surface area contributed by atoms with E-state index in [2.05, 4.69) is 5.32 Å². The second-order valence-electron chi connectivity index (χ2n) is 4.74. The van der Waals surface area contributed by atoms with Gasteiger partial charge in [-0.05, 0) is 31.1 Å². The lowest BCUT2D eigenvalue weighted by molar-refractivity contribution is -0.139. The average Bonchev–Trinajstić information content (AvgIpc) is 2.78. The van der Waals surface area contributed by atoms with E-state index in [9.17, 15) is 9.90 Å². The van der Waals surface area contributed by atoms with Crippen molar-refractivity contribution >= 4 is 5.97 Å². The van der Waals surface area contributed by atoms with Crippen LogP contribution in [0, 0.1) is 11.8 Å². The van der Waals surface area contributed by atoms with Crippen LogP contribution in [0.25, 0.3) is 0 Å². The van der Waals surface area contributed by atoms with Crippen LogP contribution >= 0.6 is 0 Å². The monoisotopic (exact) mass is 229 g/mol. The van der Waals surface area contributed by atoms with Gasteiger partial charge in [-0.25, -0.2) is 0 Å². The first-order chi connectivity index (χ1) is 7.68. The van der Waals surface area contributed by atoms with Crippen molar-refractivity contribution in [2.45, 2.75) is 31.4 Å². The lowest BCUT2D eigenvalue weighted by atomic mass is 9.84. The van der Waals surface area contributed by atoms with Crippen LogP contribution in [0.5, 0.6) is 0 Å². The van der Waals surface area contributed by atoms with E-state index in [0.717, 1.165) is 12.8 Å². The molecule has 3 N–H and O–H groups in total. The molecule has 0 amide bonds. The van der Waals surface area contributed by atoms with Crippen molar-refractivity contribution in [3.8, 4) is 0 Å². The van der Waals surface area contributed by atoms with E-state index in [1.165, 1.54) is 0 Å². The van der Waals surface area contributed by atoms with Crippen molar-refractivity contribution < 1.29 is 19.7 Å². The van der Waals surface area contributed by atoms with Gasteiger partial charge in [0.05, 0.1) is 6.10 Å². The van der Waals surface area contributed by atoms with Gasteiger partial charge in [-0.2, -0.15) is 0 Å². The van der Waals surface area contributed by atoms with Crippen LogP contribution in [0.2, 0.25) is 0 Å². The molecule has 0 bridgehead atoms. The third kappa shape index (κ3) is 2.53. The van der Waals surface area contributed by atoms with Crippen molar-refractivity contribution in [1.29, 1.82) is 0 Å². The highest BCUT2D eigenvalue weighted by Gasteiger charge is 2.36. The fourth-order valence-electron chi connectivity index (χ4n) is 2.65. The number of carboxylic acids is 1. The molecule has 0 saturated carbocycles. The summed E-state index contributed by atoms with van der Waals surface area (Å²) in [7, 11) is 0. The van der Waals surface area contributed by atoms with Gasteiger partial charge in [-0.3, -0.25) is 4.79 Å². The van der Waals surface area contributed by atoms with Gasteiger partial charge in [0.15, 0.2) is 0 Å². The highest BCUT2D eigenvalue weighted by Crippen LogP contribution is 2.28.